The van der Waals surface area contributed by atoms with Gasteiger partial charge in [0, 0.05) is 26.3 Å². The molecule has 10 heteroatoms. The van der Waals surface area contributed by atoms with Crippen molar-refractivity contribution in [3.05, 3.63) is 56.5 Å². The smallest absolute Gasteiger partial charge is 0.332 e. The fourth-order valence-electron chi connectivity index (χ4n) is 3.87. The van der Waals surface area contributed by atoms with Gasteiger partial charge in [-0.15, -0.1) is 0 Å². The molecule has 10 nitrogen and oxygen atoms in total. The molecule has 0 saturated heterocycles. The standard InChI is InChI=1S/C24H31N5O5/c1-14(2)16-8-7-9-17(15(3)4)20(16)26-18(30)12-34-19(31)10-11-29-13-25-22-21(29)23(32)28(6)24(33)27(22)5/h7-9,13-15H,10-12H2,1-6H3,(H,26,30). The molecule has 0 aliphatic rings. The maximum absolute atomic E-state index is 12.5. The third-order valence-electron chi connectivity index (χ3n) is 5.78. The average molecular weight is 470 g/mol. The maximum atomic E-state index is 12.5. The summed E-state index contributed by atoms with van der Waals surface area (Å²) in [6.45, 7) is 7.93. The Morgan fingerprint density at radius 3 is 2.24 bits per heavy atom. The van der Waals surface area contributed by atoms with Gasteiger partial charge in [-0.2, -0.15) is 0 Å². The second kappa shape index (κ2) is 10.1. The van der Waals surface area contributed by atoms with Crippen LogP contribution in [-0.4, -0.2) is 37.2 Å². The van der Waals surface area contributed by atoms with Crippen LogP contribution in [0.4, 0.5) is 5.69 Å². The Balaban J connectivity index is 1.65. The number of carbonyl (C=O) groups excluding carboxylic acids is 2. The van der Waals surface area contributed by atoms with Gasteiger partial charge in [0.25, 0.3) is 11.5 Å². The van der Waals surface area contributed by atoms with Gasteiger partial charge in [-0.25, -0.2) is 9.78 Å². The van der Waals surface area contributed by atoms with Gasteiger partial charge in [0.05, 0.1) is 12.7 Å². The number of aromatic nitrogens is 4. The summed E-state index contributed by atoms with van der Waals surface area (Å²) in [4.78, 5) is 53.5. The van der Waals surface area contributed by atoms with E-state index in [4.69, 9.17) is 4.74 Å². The van der Waals surface area contributed by atoms with Crippen LogP contribution >= 0.6 is 0 Å². The zero-order valence-corrected chi connectivity index (χ0v) is 20.4. The monoisotopic (exact) mass is 469 g/mol. The number of fused-ring (bicyclic) bond motifs is 1. The molecule has 0 atom stereocenters. The highest BCUT2D eigenvalue weighted by Crippen LogP contribution is 2.32. The molecule has 2 heterocycles. The molecule has 182 valence electrons. The lowest BCUT2D eigenvalue weighted by Crippen LogP contribution is -2.37. The first-order chi connectivity index (χ1) is 16.0. The van der Waals surface area contributed by atoms with Crippen molar-refractivity contribution in [2.45, 2.75) is 52.5 Å². The van der Waals surface area contributed by atoms with Gasteiger partial charge in [-0.3, -0.25) is 23.5 Å². The Labute approximate surface area is 197 Å². The lowest BCUT2D eigenvalue weighted by molar-refractivity contribution is -0.147. The number of amides is 1. The number of benzene rings is 1. The Hall–Kier alpha value is -3.69. The predicted molar refractivity (Wildman–Crippen MR) is 129 cm³/mol. The molecule has 0 bridgehead atoms. The molecular formula is C24H31N5O5. The number of hydrogen-bond acceptors (Lipinski definition) is 6. The van der Waals surface area contributed by atoms with E-state index in [2.05, 4.69) is 38.0 Å². The summed E-state index contributed by atoms with van der Waals surface area (Å²) >= 11 is 0. The van der Waals surface area contributed by atoms with Crippen molar-refractivity contribution in [2.75, 3.05) is 11.9 Å². The van der Waals surface area contributed by atoms with Crippen LogP contribution in [0.3, 0.4) is 0 Å². The largest absolute Gasteiger partial charge is 0.456 e. The number of nitrogens with zero attached hydrogens (tertiary/aromatic N) is 4. The van der Waals surface area contributed by atoms with Gasteiger partial charge >= 0.3 is 11.7 Å². The summed E-state index contributed by atoms with van der Waals surface area (Å²) < 4.78 is 8.93. The van der Waals surface area contributed by atoms with Gasteiger partial charge in [-0.05, 0) is 23.0 Å². The second-order valence-corrected chi connectivity index (χ2v) is 8.90. The van der Waals surface area contributed by atoms with Crippen molar-refractivity contribution in [3.63, 3.8) is 0 Å². The molecule has 1 aromatic carbocycles. The predicted octanol–water partition coefficient (Wildman–Crippen LogP) is 2.25. The molecule has 3 aromatic rings. The zero-order valence-electron chi connectivity index (χ0n) is 20.4. The molecule has 0 spiro atoms. The first-order valence-corrected chi connectivity index (χ1v) is 11.2. The normalized spacial score (nSPS) is 11.4. The number of rotatable bonds is 8. The fourth-order valence-corrected chi connectivity index (χ4v) is 3.87. The molecule has 0 aliphatic carbocycles. The minimum absolute atomic E-state index is 0.0649. The van der Waals surface area contributed by atoms with E-state index in [1.54, 1.807) is 0 Å². The van der Waals surface area contributed by atoms with Crippen molar-refractivity contribution in [3.8, 4) is 0 Å². The summed E-state index contributed by atoms with van der Waals surface area (Å²) in [6, 6.07) is 5.94. The second-order valence-electron chi connectivity index (χ2n) is 8.90. The van der Waals surface area contributed by atoms with Crippen LogP contribution in [0, 0.1) is 0 Å². The van der Waals surface area contributed by atoms with Crippen molar-refractivity contribution < 1.29 is 14.3 Å². The van der Waals surface area contributed by atoms with Crippen LogP contribution in [-0.2, 0) is 35.0 Å². The molecule has 0 fully saturated rings. The van der Waals surface area contributed by atoms with E-state index in [0.717, 1.165) is 21.4 Å². The van der Waals surface area contributed by atoms with E-state index >= 15 is 0 Å². The van der Waals surface area contributed by atoms with E-state index in [1.807, 2.05) is 18.2 Å². The van der Waals surface area contributed by atoms with Crippen LogP contribution in [0.1, 0.15) is 57.1 Å². The number of esters is 1. The van der Waals surface area contributed by atoms with E-state index in [0.29, 0.717) is 0 Å². The molecular weight excluding hydrogens is 438 g/mol. The topological polar surface area (TPSA) is 117 Å². The van der Waals surface area contributed by atoms with E-state index < -0.39 is 29.7 Å². The van der Waals surface area contributed by atoms with Crippen molar-refractivity contribution >= 4 is 28.7 Å². The number of imidazole rings is 1. The number of anilines is 1. The number of para-hydroxylation sites is 1. The van der Waals surface area contributed by atoms with Crippen molar-refractivity contribution in [2.24, 2.45) is 14.1 Å². The van der Waals surface area contributed by atoms with Gasteiger partial charge in [-0.1, -0.05) is 45.9 Å². The van der Waals surface area contributed by atoms with Crippen molar-refractivity contribution in [1.82, 2.24) is 18.7 Å². The Bertz CT molecular complexity index is 1320. The lowest BCUT2D eigenvalue weighted by atomic mass is 9.92. The lowest BCUT2D eigenvalue weighted by Gasteiger charge is -2.20. The molecule has 34 heavy (non-hydrogen) atoms. The van der Waals surface area contributed by atoms with Gasteiger partial charge < -0.3 is 14.6 Å². The van der Waals surface area contributed by atoms with Gasteiger partial charge in [0.2, 0.25) is 0 Å². The van der Waals surface area contributed by atoms with Crippen LogP contribution in [0.2, 0.25) is 0 Å². The van der Waals surface area contributed by atoms with Crippen LogP contribution in [0.25, 0.3) is 11.2 Å². The fraction of sp³-hybridized carbons (Fsp3) is 0.458. The summed E-state index contributed by atoms with van der Waals surface area (Å²) in [5.74, 6) is -0.567. The maximum Gasteiger partial charge on any atom is 0.332 e. The minimum atomic E-state index is -0.583. The molecule has 3 rings (SSSR count). The molecule has 1 N–H and O–H groups in total. The Morgan fingerprint density at radius 2 is 1.65 bits per heavy atom. The third kappa shape index (κ3) is 4.95. The van der Waals surface area contributed by atoms with Crippen molar-refractivity contribution in [1.29, 1.82) is 0 Å². The molecule has 0 aliphatic heterocycles. The summed E-state index contributed by atoms with van der Waals surface area (Å²) in [5, 5.41) is 2.91. The first kappa shape index (κ1) is 24.9. The number of ether oxygens (including phenoxy) is 1. The third-order valence-corrected chi connectivity index (χ3v) is 5.78. The van der Waals surface area contributed by atoms with Gasteiger partial charge in [0.15, 0.2) is 17.8 Å². The SMILES string of the molecule is CC(C)c1cccc(C(C)C)c1NC(=O)COC(=O)CCn1cnc2c1c(=O)n(C)c(=O)n2C. The number of aryl methyl sites for hydroxylation is 2. The van der Waals surface area contributed by atoms with Gasteiger partial charge in [0.1, 0.15) is 0 Å². The highest BCUT2D eigenvalue weighted by molar-refractivity contribution is 5.94. The molecule has 1 amide bonds. The number of hydrogen-bond donors (Lipinski definition) is 1. The zero-order chi connectivity index (χ0) is 25.2. The minimum Gasteiger partial charge on any atom is -0.456 e. The molecule has 0 unspecified atom stereocenters. The molecule has 0 radical (unpaired) electrons. The van der Waals surface area contributed by atoms with Crippen LogP contribution in [0.5, 0.6) is 0 Å². The number of nitrogens with one attached hydrogen (secondary N) is 1. The summed E-state index contributed by atoms with van der Waals surface area (Å²) in [5.41, 5.74) is 2.30. The molecule has 2 aromatic heterocycles. The average Bonchev–Trinajstić information content (AvgIpc) is 3.22. The first-order valence-electron chi connectivity index (χ1n) is 11.2. The van der Waals surface area contributed by atoms with Crippen LogP contribution in [0.15, 0.2) is 34.1 Å². The highest BCUT2D eigenvalue weighted by atomic mass is 16.5. The van der Waals surface area contributed by atoms with E-state index in [1.165, 1.54) is 29.6 Å². The Kier molecular flexibility index (Phi) is 7.38. The Morgan fingerprint density at radius 1 is 1.03 bits per heavy atom. The van der Waals surface area contributed by atoms with E-state index in [9.17, 15) is 19.2 Å². The van der Waals surface area contributed by atoms with E-state index in [-0.39, 0.29) is 36.0 Å². The summed E-state index contributed by atoms with van der Waals surface area (Å²) in [7, 11) is 2.91. The molecule has 0 saturated carbocycles. The van der Waals surface area contributed by atoms with Crippen LogP contribution < -0.4 is 16.6 Å². The number of carbonyl (C=O) groups is 2. The quantitative estimate of drug-likeness (QED) is 0.506. The summed E-state index contributed by atoms with van der Waals surface area (Å²) in [6.07, 6.45) is 1.34. The highest BCUT2D eigenvalue weighted by Gasteiger charge is 2.18.